The van der Waals surface area contributed by atoms with Crippen molar-refractivity contribution in [1.82, 2.24) is 5.43 Å². The Morgan fingerprint density at radius 2 is 1.67 bits per heavy atom. The maximum atomic E-state index is 12.9. The molecule has 3 aromatic carbocycles. The Morgan fingerprint density at radius 3 is 2.39 bits per heavy atom. The molecule has 8 heteroatoms. The molecule has 0 fully saturated rings. The van der Waals surface area contributed by atoms with E-state index in [1.54, 1.807) is 25.3 Å². The van der Waals surface area contributed by atoms with Crippen molar-refractivity contribution in [3.8, 4) is 11.5 Å². The number of nitrogens with one attached hydrogen (secondary N) is 2. The minimum absolute atomic E-state index is 0.0278. The van der Waals surface area contributed by atoms with Gasteiger partial charge in [-0.15, -0.1) is 0 Å². The third-order valence-electron chi connectivity index (χ3n) is 4.53. The molecule has 0 aliphatic carbocycles. The fraction of sp³-hybridized carbons (Fsp3) is 0.160. The lowest BCUT2D eigenvalue weighted by molar-refractivity contribution is -0.124. The molecule has 0 aliphatic rings. The summed E-state index contributed by atoms with van der Waals surface area (Å²) in [6.07, 6.45) is 1.40. The monoisotopic (exact) mass is 449 g/mol. The number of methoxy groups -OCH3 is 1. The van der Waals surface area contributed by atoms with Crippen LogP contribution in [0.15, 0.2) is 77.9 Å². The van der Waals surface area contributed by atoms with Gasteiger partial charge in [-0.25, -0.2) is 9.82 Å². The summed E-state index contributed by atoms with van der Waals surface area (Å²) < 4.78 is 24.1. The summed E-state index contributed by atoms with van der Waals surface area (Å²) >= 11 is 0. The van der Waals surface area contributed by atoms with E-state index >= 15 is 0 Å². The summed E-state index contributed by atoms with van der Waals surface area (Å²) in [5, 5.41) is 6.51. The van der Waals surface area contributed by atoms with E-state index in [4.69, 9.17) is 9.47 Å². The third kappa shape index (κ3) is 7.77. The quantitative estimate of drug-likeness (QED) is 0.357. The second-order valence-electron chi connectivity index (χ2n) is 7.03. The molecule has 7 nitrogen and oxygen atoms in total. The molecule has 33 heavy (non-hydrogen) atoms. The molecular weight excluding hydrogens is 425 g/mol. The van der Waals surface area contributed by atoms with Crippen LogP contribution < -0.4 is 20.2 Å². The van der Waals surface area contributed by atoms with E-state index in [1.807, 2.05) is 30.3 Å². The predicted molar refractivity (Wildman–Crippen MR) is 124 cm³/mol. The molecule has 0 saturated carbocycles. The van der Waals surface area contributed by atoms with Gasteiger partial charge in [-0.3, -0.25) is 9.59 Å². The first kappa shape index (κ1) is 23.5. The normalized spacial score (nSPS) is 10.6. The van der Waals surface area contributed by atoms with Crippen LogP contribution in [-0.4, -0.2) is 25.1 Å². The highest BCUT2D eigenvalue weighted by Crippen LogP contribution is 2.28. The van der Waals surface area contributed by atoms with Gasteiger partial charge in [0, 0.05) is 18.5 Å². The Bertz CT molecular complexity index is 1100. The summed E-state index contributed by atoms with van der Waals surface area (Å²) in [5.41, 5.74) is 4.59. The van der Waals surface area contributed by atoms with Gasteiger partial charge in [-0.05, 0) is 53.6 Å². The summed E-state index contributed by atoms with van der Waals surface area (Å²) in [4.78, 5) is 23.8. The molecule has 0 radical (unpaired) electrons. The van der Waals surface area contributed by atoms with Crippen LogP contribution in [0.25, 0.3) is 0 Å². The highest BCUT2D eigenvalue weighted by molar-refractivity contribution is 5.93. The van der Waals surface area contributed by atoms with E-state index in [9.17, 15) is 14.0 Å². The molecule has 0 aliphatic heterocycles. The van der Waals surface area contributed by atoms with E-state index < -0.39 is 11.7 Å². The summed E-state index contributed by atoms with van der Waals surface area (Å²) in [6.45, 7) is 0.412. The molecule has 170 valence electrons. The van der Waals surface area contributed by atoms with E-state index in [0.717, 1.165) is 5.56 Å². The van der Waals surface area contributed by atoms with E-state index in [1.165, 1.54) is 30.5 Å². The molecule has 0 spiro atoms. The zero-order valence-electron chi connectivity index (χ0n) is 18.1. The molecule has 3 aromatic rings. The highest BCUT2D eigenvalue weighted by atomic mass is 19.1. The van der Waals surface area contributed by atoms with E-state index in [2.05, 4.69) is 15.8 Å². The van der Waals surface area contributed by atoms with Crippen LogP contribution >= 0.6 is 0 Å². The number of hydrogen-bond acceptors (Lipinski definition) is 5. The molecule has 0 atom stereocenters. The number of halogens is 1. The number of benzene rings is 3. The molecule has 0 bridgehead atoms. The Morgan fingerprint density at radius 1 is 0.939 bits per heavy atom. The first-order chi connectivity index (χ1) is 16.0. The van der Waals surface area contributed by atoms with Gasteiger partial charge in [0.25, 0.3) is 0 Å². The SMILES string of the molecule is COc1cc(C=NNC(=O)CCC(=O)Nc2ccc(F)cc2)ccc1OCc1ccccc1. The fourth-order valence-corrected chi connectivity index (χ4v) is 2.84. The molecule has 0 aromatic heterocycles. The Balaban J connectivity index is 1.45. The van der Waals surface area contributed by atoms with Crippen LogP contribution in [0.4, 0.5) is 10.1 Å². The van der Waals surface area contributed by atoms with Gasteiger partial charge < -0.3 is 14.8 Å². The van der Waals surface area contributed by atoms with Gasteiger partial charge in [0.05, 0.1) is 13.3 Å². The first-order valence-electron chi connectivity index (χ1n) is 10.3. The number of rotatable bonds is 10. The predicted octanol–water partition coefficient (Wildman–Crippen LogP) is 4.28. The Labute approximate surface area is 191 Å². The molecule has 0 unspecified atom stereocenters. The lowest BCUT2D eigenvalue weighted by Gasteiger charge is -2.11. The number of carbonyl (C=O) groups is 2. The van der Waals surface area contributed by atoms with Crippen molar-refractivity contribution < 1.29 is 23.5 Å². The molecular formula is C25H24FN3O4. The van der Waals surface area contributed by atoms with E-state index in [-0.39, 0.29) is 18.7 Å². The second kappa shape index (κ2) is 12.0. The Hall–Kier alpha value is -4.20. The molecule has 0 heterocycles. The van der Waals surface area contributed by atoms with Gasteiger partial charge in [-0.2, -0.15) is 5.10 Å². The lowest BCUT2D eigenvalue weighted by atomic mass is 10.2. The van der Waals surface area contributed by atoms with Crippen molar-refractivity contribution in [3.05, 3.63) is 89.7 Å². The maximum absolute atomic E-state index is 12.9. The lowest BCUT2D eigenvalue weighted by Crippen LogP contribution is -2.20. The summed E-state index contributed by atoms with van der Waals surface area (Å²) in [5.74, 6) is -0.0163. The van der Waals surface area contributed by atoms with Crippen molar-refractivity contribution in [2.45, 2.75) is 19.4 Å². The average molecular weight is 449 g/mol. The van der Waals surface area contributed by atoms with E-state index in [0.29, 0.717) is 29.4 Å². The largest absolute Gasteiger partial charge is 0.493 e. The number of carbonyl (C=O) groups excluding carboxylic acids is 2. The third-order valence-corrected chi connectivity index (χ3v) is 4.53. The minimum Gasteiger partial charge on any atom is -0.493 e. The van der Waals surface area contributed by atoms with Crippen LogP contribution in [0.5, 0.6) is 11.5 Å². The number of amides is 2. The maximum Gasteiger partial charge on any atom is 0.240 e. The molecule has 2 amide bonds. The smallest absolute Gasteiger partial charge is 0.240 e. The Kier molecular flexibility index (Phi) is 8.53. The van der Waals surface area contributed by atoms with Gasteiger partial charge in [0.15, 0.2) is 11.5 Å². The molecule has 0 saturated heterocycles. The zero-order valence-corrected chi connectivity index (χ0v) is 18.1. The van der Waals surface area contributed by atoms with Crippen molar-refractivity contribution in [1.29, 1.82) is 0 Å². The standard InChI is InChI=1S/C25H24FN3O4/c1-32-23-15-19(7-12-22(23)33-17-18-5-3-2-4-6-18)16-27-29-25(31)14-13-24(30)28-21-10-8-20(26)9-11-21/h2-12,15-16H,13-14,17H2,1H3,(H,28,30)(H,29,31). The van der Waals surface area contributed by atoms with Crippen LogP contribution in [-0.2, 0) is 16.2 Å². The number of hydrogen-bond donors (Lipinski definition) is 2. The minimum atomic E-state index is -0.407. The topological polar surface area (TPSA) is 89.0 Å². The van der Waals surface area contributed by atoms with Crippen LogP contribution in [0.3, 0.4) is 0 Å². The first-order valence-corrected chi connectivity index (χ1v) is 10.3. The van der Waals surface area contributed by atoms with Crippen LogP contribution in [0, 0.1) is 5.82 Å². The second-order valence-corrected chi connectivity index (χ2v) is 7.03. The number of ether oxygens (including phenoxy) is 2. The number of anilines is 1. The highest BCUT2D eigenvalue weighted by Gasteiger charge is 2.08. The summed E-state index contributed by atoms with van der Waals surface area (Å²) in [6, 6.07) is 20.5. The summed E-state index contributed by atoms with van der Waals surface area (Å²) in [7, 11) is 1.55. The molecule has 2 N–H and O–H groups in total. The van der Waals surface area contributed by atoms with Gasteiger partial charge in [0.1, 0.15) is 12.4 Å². The van der Waals surface area contributed by atoms with Crippen LogP contribution in [0.1, 0.15) is 24.0 Å². The van der Waals surface area contributed by atoms with Crippen molar-refractivity contribution in [2.24, 2.45) is 5.10 Å². The number of hydrazone groups is 1. The zero-order chi connectivity index (χ0) is 23.5. The van der Waals surface area contributed by atoms with Gasteiger partial charge in [-0.1, -0.05) is 30.3 Å². The molecule has 3 rings (SSSR count). The van der Waals surface area contributed by atoms with Crippen LogP contribution in [0.2, 0.25) is 0 Å². The fourth-order valence-electron chi connectivity index (χ4n) is 2.84. The van der Waals surface area contributed by atoms with Gasteiger partial charge >= 0.3 is 0 Å². The van der Waals surface area contributed by atoms with Gasteiger partial charge in [0.2, 0.25) is 11.8 Å². The van der Waals surface area contributed by atoms with Crippen molar-refractivity contribution in [2.75, 3.05) is 12.4 Å². The van der Waals surface area contributed by atoms with Crippen molar-refractivity contribution >= 4 is 23.7 Å². The average Bonchev–Trinajstić information content (AvgIpc) is 2.84. The number of nitrogens with zero attached hydrogens (tertiary/aromatic N) is 1. The van der Waals surface area contributed by atoms with Crippen molar-refractivity contribution in [3.63, 3.8) is 0 Å².